The van der Waals surface area contributed by atoms with Gasteiger partial charge in [-0.2, -0.15) is 0 Å². The van der Waals surface area contributed by atoms with Crippen molar-refractivity contribution in [2.24, 2.45) is 0 Å². The molecule has 2 saturated heterocycles. The molecule has 1 N–H and O–H groups in total. The van der Waals surface area contributed by atoms with Crippen LogP contribution in [0.4, 0.5) is 0 Å². The second-order valence-corrected chi connectivity index (χ2v) is 6.42. The van der Waals surface area contributed by atoms with Crippen molar-refractivity contribution in [3.8, 4) is 0 Å². The summed E-state index contributed by atoms with van der Waals surface area (Å²) in [4.78, 5) is 16.8. The normalized spacial score (nSPS) is 22.8. The van der Waals surface area contributed by atoms with Gasteiger partial charge in [-0.15, -0.1) is 0 Å². The Kier molecular flexibility index (Phi) is 6.41. The molecule has 24 heavy (non-hydrogen) atoms. The Morgan fingerprint density at radius 3 is 2.71 bits per heavy atom. The van der Waals surface area contributed by atoms with Crippen LogP contribution in [0, 0.1) is 0 Å². The number of ether oxygens (including phenoxy) is 1. The molecule has 3 rings (SSSR count). The molecule has 0 saturated carbocycles. The predicted octanol–water partition coefficient (Wildman–Crippen LogP) is 1.22. The zero-order valence-electron chi connectivity index (χ0n) is 14.2. The van der Waals surface area contributed by atoms with Crippen LogP contribution < -0.4 is 5.32 Å². The molecule has 1 aromatic carbocycles. The minimum absolute atomic E-state index is 0.179. The second-order valence-electron chi connectivity index (χ2n) is 6.42. The van der Waals surface area contributed by atoms with Gasteiger partial charge in [-0.25, -0.2) is 0 Å². The molecule has 0 bridgehead atoms. The molecule has 2 fully saturated rings. The summed E-state index contributed by atoms with van der Waals surface area (Å²) in [6.45, 7) is 6.72. The van der Waals surface area contributed by atoms with Crippen LogP contribution in [0.2, 0.25) is 0 Å². The second kappa shape index (κ2) is 8.97. The van der Waals surface area contributed by atoms with E-state index in [1.807, 2.05) is 11.0 Å². The third-order valence-corrected chi connectivity index (χ3v) is 4.62. The highest BCUT2D eigenvalue weighted by Crippen LogP contribution is 2.08. The maximum absolute atomic E-state index is 12.4. The molecule has 5 heteroatoms. The molecule has 2 aliphatic rings. The largest absolute Gasteiger partial charge is 0.378 e. The Morgan fingerprint density at radius 2 is 2.00 bits per heavy atom. The van der Waals surface area contributed by atoms with Gasteiger partial charge in [0, 0.05) is 51.7 Å². The number of hydrogen-bond acceptors (Lipinski definition) is 4. The summed E-state index contributed by atoms with van der Waals surface area (Å²) in [6, 6.07) is 10.5. The molecule has 1 aromatic rings. The van der Waals surface area contributed by atoms with E-state index in [4.69, 9.17) is 4.74 Å². The van der Waals surface area contributed by atoms with Crippen molar-refractivity contribution in [1.82, 2.24) is 15.1 Å². The first-order valence-electron chi connectivity index (χ1n) is 8.84. The highest BCUT2D eigenvalue weighted by Gasteiger charge is 2.24. The quantitative estimate of drug-likeness (QED) is 0.882. The first-order chi connectivity index (χ1) is 11.8. The van der Waals surface area contributed by atoms with E-state index in [0.29, 0.717) is 13.0 Å². The lowest BCUT2D eigenvalue weighted by molar-refractivity contribution is -0.134. The third-order valence-electron chi connectivity index (χ3n) is 4.62. The molecule has 130 valence electrons. The van der Waals surface area contributed by atoms with Gasteiger partial charge in [0.15, 0.2) is 0 Å². The van der Waals surface area contributed by atoms with Crippen molar-refractivity contribution in [3.05, 3.63) is 42.0 Å². The summed E-state index contributed by atoms with van der Waals surface area (Å²) < 4.78 is 5.42. The van der Waals surface area contributed by atoms with Crippen LogP contribution in [-0.2, 0) is 9.53 Å². The molecule has 0 spiro atoms. The van der Waals surface area contributed by atoms with Gasteiger partial charge in [-0.3, -0.25) is 9.69 Å². The Hall–Kier alpha value is -1.69. The van der Waals surface area contributed by atoms with Crippen LogP contribution in [0.5, 0.6) is 0 Å². The molecule has 0 radical (unpaired) electrons. The zero-order chi connectivity index (χ0) is 16.6. The summed E-state index contributed by atoms with van der Waals surface area (Å²) in [5, 5.41) is 3.35. The molecular weight excluding hydrogens is 302 g/mol. The smallest absolute Gasteiger partial charge is 0.224 e. The lowest BCUT2D eigenvalue weighted by Crippen LogP contribution is -2.51. The minimum Gasteiger partial charge on any atom is -0.378 e. The lowest BCUT2D eigenvalue weighted by Gasteiger charge is -2.35. The van der Waals surface area contributed by atoms with Crippen LogP contribution in [0.3, 0.4) is 0 Å². The van der Waals surface area contributed by atoms with E-state index in [-0.39, 0.29) is 11.9 Å². The Balaban J connectivity index is 1.37. The van der Waals surface area contributed by atoms with E-state index in [9.17, 15) is 4.79 Å². The summed E-state index contributed by atoms with van der Waals surface area (Å²) in [5.41, 5.74) is 1.23. The highest BCUT2D eigenvalue weighted by atomic mass is 16.5. The fraction of sp³-hybridized carbons (Fsp3) is 0.526. The monoisotopic (exact) mass is 329 g/mol. The van der Waals surface area contributed by atoms with Crippen molar-refractivity contribution in [3.63, 3.8) is 0 Å². The van der Waals surface area contributed by atoms with Gasteiger partial charge in [-0.1, -0.05) is 42.5 Å². The first kappa shape index (κ1) is 17.1. The van der Waals surface area contributed by atoms with Crippen molar-refractivity contribution < 1.29 is 9.53 Å². The molecule has 1 atom stereocenters. The fourth-order valence-corrected chi connectivity index (χ4v) is 3.17. The fourth-order valence-electron chi connectivity index (χ4n) is 3.17. The molecular formula is C19H27N3O2. The maximum Gasteiger partial charge on any atom is 0.224 e. The number of benzene rings is 1. The van der Waals surface area contributed by atoms with E-state index in [0.717, 1.165) is 45.9 Å². The van der Waals surface area contributed by atoms with Crippen molar-refractivity contribution in [2.75, 3.05) is 52.5 Å². The van der Waals surface area contributed by atoms with Crippen LogP contribution in [-0.4, -0.2) is 74.2 Å². The minimum atomic E-state index is 0.179. The van der Waals surface area contributed by atoms with Gasteiger partial charge in [-0.05, 0) is 5.56 Å². The van der Waals surface area contributed by atoms with E-state index in [1.165, 1.54) is 5.56 Å². The molecule has 0 aliphatic carbocycles. The number of rotatable bonds is 5. The molecule has 0 aromatic heterocycles. The van der Waals surface area contributed by atoms with E-state index >= 15 is 0 Å². The van der Waals surface area contributed by atoms with Crippen LogP contribution >= 0.6 is 0 Å². The number of nitrogens with zero attached hydrogens (tertiary/aromatic N) is 2. The molecule has 2 heterocycles. The molecule has 1 unspecified atom stereocenters. The van der Waals surface area contributed by atoms with Gasteiger partial charge >= 0.3 is 0 Å². The zero-order valence-corrected chi connectivity index (χ0v) is 14.2. The van der Waals surface area contributed by atoms with Gasteiger partial charge in [0.25, 0.3) is 0 Å². The standard InChI is InChI=1S/C19H27N3O2/c23-19(15-18-16-24-14-8-20-18)22-12-10-21(11-13-22)9-4-7-17-5-2-1-3-6-17/h1-7,18,20H,8-16H2. The van der Waals surface area contributed by atoms with E-state index in [2.05, 4.69) is 46.6 Å². The van der Waals surface area contributed by atoms with E-state index < -0.39 is 0 Å². The van der Waals surface area contributed by atoms with Gasteiger partial charge in [0.1, 0.15) is 0 Å². The average Bonchev–Trinajstić information content (AvgIpc) is 2.64. The number of amides is 1. The third kappa shape index (κ3) is 5.16. The Morgan fingerprint density at radius 1 is 1.21 bits per heavy atom. The Labute approximate surface area is 144 Å². The van der Waals surface area contributed by atoms with Crippen LogP contribution in [0.1, 0.15) is 12.0 Å². The lowest BCUT2D eigenvalue weighted by atomic mass is 10.1. The topological polar surface area (TPSA) is 44.8 Å². The number of morpholine rings is 1. The maximum atomic E-state index is 12.4. The Bertz CT molecular complexity index is 533. The SMILES string of the molecule is O=C(CC1COCCN1)N1CCN(CC=Cc2ccccc2)CC1. The average molecular weight is 329 g/mol. The van der Waals surface area contributed by atoms with Crippen LogP contribution in [0.25, 0.3) is 6.08 Å². The molecule has 5 nitrogen and oxygen atoms in total. The van der Waals surface area contributed by atoms with Gasteiger partial charge in [0.2, 0.25) is 5.91 Å². The summed E-state index contributed by atoms with van der Waals surface area (Å²) in [6.07, 6.45) is 4.91. The van der Waals surface area contributed by atoms with Gasteiger partial charge < -0.3 is 15.0 Å². The van der Waals surface area contributed by atoms with E-state index in [1.54, 1.807) is 0 Å². The van der Waals surface area contributed by atoms with Crippen LogP contribution in [0.15, 0.2) is 36.4 Å². The van der Waals surface area contributed by atoms with Gasteiger partial charge in [0.05, 0.1) is 13.2 Å². The predicted molar refractivity (Wildman–Crippen MR) is 95.7 cm³/mol. The number of carbonyl (C=O) groups excluding carboxylic acids is 1. The number of piperazine rings is 1. The number of nitrogens with one attached hydrogen (secondary N) is 1. The summed E-state index contributed by atoms with van der Waals surface area (Å²) in [7, 11) is 0. The number of hydrogen-bond donors (Lipinski definition) is 1. The number of carbonyl (C=O) groups is 1. The summed E-state index contributed by atoms with van der Waals surface area (Å²) in [5.74, 6) is 0.248. The molecule has 2 aliphatic heterocycles. The van der Waals surface area contributed by atoms with Crippen molar-refractivity contribution in [1.29, 1.82) is 0 Å². The summed E-state index contributed by atoms with van der Waals surface area (Å²) >= 11 is 0. The highest BCUT2D eigenvalue weighted by molar-refractivity contribution is 5.77. The first-order valence-corrected chi connectivity index (χ1v) is 8.84. The molecule has 1 amide bonds. The van der Waals surface area contributed by atoms with Crippen molar-refractivity contribution >= 4 is 12.0 Å². The van der Waals surface area contributed by atoms with Crippen molar-refractivity contribution in [2.45, 2.75) is 12.5 Å².